The summed E-state index contributed by atoms with van der Waals surface area (Å²) in [5.74, 6) is 2.06. The highest BCUT2D eigenvalue weighted by molar-refractivity contribution is 5.91. The van der Waals surface area contributed by atoms with E-state index >= 15 is 0 Å². The molecular formula is C18H27ClN6O2. The van der Waals surface area contributed by atoms with Gasteiger partial charge in [0.15, 0.2) is 5.82 Å². The summed E-state index contributed by atoms with van der Waals surface area (Å²) in [5, 5.41) is 10.1. The number of nitrogens with one attached hydrogen (secondary N) is 2. The fourth-order valence-corrected chi connectivity index (χ4v) is 4.10. The van der Waals surface area contributed by atoms with Gasteiger partial charge in [-0.15, -0.1) is 12.4 Å². The molecular weight excluding hydrogens is 368 g/mol. The molecule has 1 amide bonds. The molecule has 1 aliphatic heterocycles. The molecule has 3 heterocycles. The minimum atomic E-state index is -0.0662. The normalized spacial score (nSPS) is 20.5. The van der Waals surface area contributed by atoms with Crippen LogP contribution in [0.15, 0.2) is 23.0 Å². The van der Waals surface area contributed by atoms with Gasteiger partial charge in [-0.05, 0) is 44.7 Å². The van der Waals surface area contributed by atoms with Crippen LogP contribution in [-0.4, -0.2) is 51.2 Å². The van der Waals surface area contributed by atoms with Gasteiger partial charge in [-0.3, -0.25) is 9.69 Å². The number of anilines is 1. The summed E-state index contributed by atoms with van der Waals surface area (Å²) in [4.78, 5) is 19.3. The first-order valence-electron chi connectivity index (χ1n) is 9.20. The van der Waals surface area contributed by atoms with Crippen LogP contribution in [-0.2, 0) is 18.4 Å². The van der Waals surface area contributed by atoms with Crippen molar-refractivity contribution < 1.29 is 9.32 Å². The van der Waals surface area contributed by atoms with E-state index in [2.05, 4.69) is 25.7 Å². The van der Waals surface area contributed by atoms with E-state index in [0.29, 0.717) is 36.1 Å². The molecule has 2 fully saturated rings. The summed E-state index contributed by atoms with van der Waals surface area (Å²) >= 11 is 0. The number of piperidine rings is 1. The molecule has 4 rings (SSSR count). The van der Waals surface area contributed by atoms with Gasteiger partial charge in [-0.2, -0.15) is 0 Å². The zero-order valence-electron chi connectivity index (χ0n) is 15.8. The van der Waals surface area contributed by atoms with Gasteiger partial charge in [0.25, 0.3) is 0 Å². The Balaban J connectivity index is 0.00000210. The number of imidazole rings is 1. The van der Waals surface area contributed by atoms with Crippen LogP contribution in [0.5, 0.6) is 0 Å². The van der Waals surface area contributed by atoms with Gasteiger partial charge in [-0.1, -0.05) is 5.16 Å². The third-order valence-electron chi connectivity index (χ3n) is 5.69. The van der Waals surface area contributed by atoms with E-state index in [-0.39, 0.29) is 18.3 Å². The maximum absolute atomic E-state index is 12.6. The lowest BCUT2D eigenvalue weighted by Gasteiger charge is -2.29. The highest BCUT2D eigenvalue weighted by Crippen LogP contribution is 2.55. The van der Waals surface area contributed by atoms with Gasteiger partial charge < -0.3 is 19.7 Å². The van der Waals surface area contributed by atoms with Crippen molar-refractivity contribution in [3.05, 3.63) is 30.0 Å². The van der Waals surface area contributed by atoms with Crippen LogP contribution in [0.3, 0.4) is 0 Å². The van der Waals surface area contributed by atoms with Crippen LogP contribution < -0.4 is 10.6 Å². The molecule has 148 valence electrons. The Morgan fingerprint density at radius 2 is 2.26 bits per heavy atom. The Labute approximate surface area is 165 Å². The zero-order valence-corrected chi connectivity index (χ0v) is 16.6. The summed E-state index contributed by atoms with van der Waals surface area (Å²) < 4.78 is 7.04. The Kier molecular flexibility index (Phi) is 5.88. The molecule has 2 aromatic rings. The smallest absolute Gasteiger partial charge is 0.239 e. The molecule has 1 spiro atoms. The van der Waals surface area contributed by atoms with E-state index in [0.717, 1.165) is 25.3 Å². The molecule has 0 aromatic carbocycles. The molecule has 2 aromatic heterocycles. The molecule has 27 heavy (non-hydrogen) atoms. The van der Waals surface area contributed by atoms with Gasteiger partial charge in [0.05, 0.1) is 13.1 Å². The van der Waals surface area contributed by atoms with E-state index in [9.17, 15) is 4.79 Å². The third kappa shape index (κ3) is 4.34. The first kappa shape index (κ1) is 19.9. The number of hydrogen-bond donors (Lipinski definition) is 2. The number of carbonyl (C=O) groups is 1. The first-order chi connectivity index (χ1) is 12.6. The Hall–Kier alpha value is -1.90. The van der Waals surface area contributed by atoms with Crippen molar-refractivity contribution in [1.29, 1.82) is 0 Å². The second kappa shape index (κ2) is 8.00. The van der Waals surface area contributed by atoms with E-state index in [4.69, 9.17) is 4.52 Å². The van der Waals surface area contributed by atoms with Gasteiger partial charge in [0.2, 0.25) is 5.91 Å². The fraction of sp³-hybridized carbons (Fsp3) is 0.611. The van der Waals surface area contributed by atoms with E-state index in [1.165, 1.54) is 12.8 Å². The van der Waals surface area contributed by atoms with Gasteiger partial charge >= 0.3 is 0 Å². The highest BCUT2D eigenvalue weighted by atomic mass is 35.5. The minimum absolute atomic E-state index is 0. The lowest BCUT2D eigenvalue weighted by Crippen LogP contribution is -2.40. The number of halogens is 1. The van der Waals surface area contributed by atoms with E-state index in [1.807, 2.05) is 17.8 Å². The van der Waals surface area contributed by atoms with Crippen molar-refractivity contribution in [2.45, 2.75) is 38.8 Å². The minimum Gasteiger partial charge on any atom is -0.360 e. The summed E-state index contributed by atoms with van der Waals surface area (Å²) in [5.41, 5.74) is 0.362. The Bertz CT molecular complexity index is 782. The van der Waals surface area contributed by atoms with Crippen molar-refractivity contribution >= 4 is 24.1 Å². The molecule has 2 aliphatic rings. The maximum atomic E-state index is 12.6. The van der Waals surface area contributed by atoms with E-state index in [1.54, 1.807) is 19.2 Å². The van der Waals surface area contributed by atoms with Gasteiger partial charge in [-0.25, -0.2) is 4.98 Å². The second-order valence-corrected chi connectivity index (χ2v) is 7.56. The molecule has 1 saturated carbocycles. The second-order valence-electron chi connectivity index (χ2n) is 7.56. The summed E-state index contributed by atoms with van der Waals surface area (Å²) in [7, 11) is 1.99. The van der Waals surface area contributed by atoms with Crippen LogP contribution in [0.4, 0.5) is 5.82 Å². The number of amides is 1. The monoisotopic (exact) mass is 394 g/mol. The van der Waals surface area contributed by atoms with Crippen LogP contribution in [0.1, 0.15) is 30.8 Å². The molecule has 1 aliphatic carbocycles. The predicted molar refractivity (Wildman–Crippen MR) is 104 cm³/mol. The van der Waals surface area contributed by atoms with E-state index < -0.39 is 0 Å². The van der Waals surface area contributed by atoms with Crippen molar-refractivity contribution in [2.24, 2.45) is 12.5 Å². The number of rotatable bonds is 6. The summed E-state index contributed by atoms with van der Waals surface area (Å²) in [6.45, 7) is 4.95. The number of aromatic nitrogens is 3. The predicted octanol–water partition coefficient (Wildman–Crippen LogP) is 1.72. The lowest BCUT2D eigenvalue weighted by molar-refractivity contribution is -0.117. The standard InChI is InChI=1S/C18H26N6O2.ClH/c1-13-9-15(22-26-13)21-17(25)12-24(11-16-20-7-8-23(16)2)14-10-18(14)3-5-19-6-4-18;/h7-9,14,19H,3-6,10-12H2,1-2H3,(H,21,22,25);1H. The molecule has 2 N–H and O–H groups in total. The van der Waals surface area contributed by atoms with Crippen LogP contribution in [0.25, 0.3) is 0 Å². The molecule has 8 nitrogen and oxygen atoms in total. The fourth-order valence-electron chi connectivity index (χ4n) is 4.10. The number of carbonyl (C=O) groups excluding carboxylic acids is 1. The average molecular weight is 395 g/mol. The number of aryl methyl sites for hydroxylation is 2. The number of hydrogen-bond acceptors (Lipinski definition) is 6. The lowest BCUT2D eigenvalue weighted by atomic mass is 9.93. The molecule has 1 atom stereocenters. The van der Waals surface area contributed by atoms with Crippen molar-refractivity contribution in [1.82, 2.24) is 24.9 Å². The molecule has 0 radical (unpaired) electrons. The Morgan fingerprint density at radius 3 is 2.89 bits per heavy atom. The third-order valence-corrected chi connectivity index (χ3v) is 5.69. The van der Waals surface area contributed by atoms with Crippen LogP contribution >= 0.6 is 12.4 Å². The topological polar surface area (TPSA) is 88.2 Å². The quantitative estimate of drug-likeness (QED) is 0.775. The van der Waals surface area contributed by atoms with Gasteiger partial charge in [0, 0.05) is 31.5 Å². The van der Waals surface area contributed by atoms with Crippen LogP contribution in [0.2, 0.25) is 0 Å². The van der Waals surface area contributed by atoms with Gasteiger partial charge in [0.1, 0.15) is 11.6 Å². The molecule has 1 saturated heterocycles. The Morgan fingerprint density at radius 1 is 1.48 bits per heavy atom. The largest absolute Gasteiger partial charge is 0.360 e. The molecule has 1 unspecified atom stereocenters. The number of nitrogens with zero attached hydrogens (tertiary/aromatic N) is 4. The average Bonchev–Trinajstić information content (AvgIpc) is 2.90. The maximum Gasteiger partial charge on any atom is 0.239 e. The molecule has 0 bridgehead atoms. The zero-order chi connectivity index (χ0) is 18.1. The SMILES string of the molecule is Cc1cc(NC(=O)CN(Cc2nccn2C)C2CC23CCNCC3)no1.Cl. The summed E-state index contributed by atoms with van der Waals surface area (Å²) in [6.07, 6.45) is 7.27. The van der Waals surface area contributed by atoms with Crippen molar-refractivity contribution in [3.63, 3.8) is 0 Å². The molecule has 9 heteroatoms. The van der Waals surface area contributed by atoms with Crippen LogP contribution in [0, 0.1) is 12.3 Å². The summed E-state index contributed by atoms with van der Waals surface area (Å²) in [6, 6.07) is 2.16. The van der Waals surface area contributed by atoms with Crippen molar-refractivity contribution in [2.75, 3.05) is 25.0 Å². The first-order valence-corrected chi connectivity index (χ1v) is 9.20. The highest BCUT2D eigenvalue weighted by Gasteiger charge is 2.56. The van der Waals surface area contributed by atoms with Crippen molar-refractivity contribution in [3.8, 4) is 0 Å².